The molecule has 2 nitrogen and oxygen atoms in total. The van der Waals surface area contributed by atoms with Crippen LogP contribution in [0.15, 0.2) is 24.3 Å². The van der Waals surface area contributed by atoms with Crippen molar-refractivity contribution in [2.75, 3.05) is 6.61 Å². The fourth-order valence-corrected chi connectivity index (χ4v) is 1.83. The molecule has 1 fully saturated rings. The van der Waals surface area contributed by atoms with E-state index in [-0.39, 0.29) is 18.1 Å². The number of benzene rings is 1. The molecule has 1 unspecified atom stereocenters. The normalized spacial score (nSPS) is 20.5. The molecule has 1 atom stereocenters. The number of aliphatic hydroxyl groups excluding tert-OH is 1. The summed E-state index contributed by atoms with van der Waals surface area (Å²) in [5.74, 6) is 0. The third kappa shape index (κ3) is 1.56. The summed E-state index contributed by atoms with van der Waals surface area (Å²) in [5.41, 5.74) is 8.26. The minimum Gasteiger partial charge on any atom is -0.395 e. The Morgan fingerprint density at radius 1 is 1.36 bits per heavy atom. The molecule has 0 saturated heterocycles. The molecule has 3 N–H and O–H groups in total. The van der Waals surface area contributed by atoms with E-state index in [1.165, 1.54) is 5.56 Å². The van der Waals surface area contributed by atoms with Gasteiger partial charge in [0.15, 0.2) is 0 Å². The van der Waals surface area contributed by atoms with Crippen molar-refractivity contribution < 1.29 is 5.11 Å². The third-order valence-corrected chi connectivity index (χ3v) is 3.21. The SMILES string of the molecule is CC(N)c1ccc(C2(CO)CC2)cc1. The number of hydrogen-bond donors (Lipinski definition) is 2. The van der Waals surface area contributed by atoms with E-state index in [0.29, 0.717) is 0 Å². The summed E-state index contributed by atoms with van der Waals surface area (Å²) in [4.78, 5) is 0. The van der Waals surface area contributed by atoms with Gasteiger partial charge in [-0.05, 0) is 30.9 Å². The number of aliphatic hydroxyl groups is 1. The van der Waals surface area contributed by atoms with Crippen molar-refractivity contribution in [2.24, 2.45) is 5.73 Å². The van der Waals surface area contributed by atoms with E-state index >= 15 is 0 Å². The molecule has 0 spiro atoms. The second-order valence-electron chi connectivity index (χ2n) is 4.35. The summed E-state index contributed by atoms with van der Waals surface area (Å²) in [6.45, 7) is 2.25. The van der Waals surface area contributed by atoms with Gasteiger partial charge in [-0.25, -0.2) is 0 Å². The Hall–Kier alpha value is -0.860. The molecule has 1 saturated carbocycles. The number of nitrogens with two attached hydrogens (primary N) is 1. The molecular formula is C12H17NO. The summed E-state index contributed by atoms with van der Waals surface area (Å²) in [5, 5.41) is 9.26. The van der Waals surface area contributed by atoms with E-state index in [1.807, 2.05) is 6.92 Å². The molecule has 0 aliphatic heterocycles. The summed E-state index contributed by atoms with van der Waals surface area (Å²) < 4.78 is 0. The summed E-state index contributed by atoms with van der Waals surface area (Å²) >= 11 is 0. The third-order valence-electron chi connectivity index (χ3n) is 3.21. The maximum Gasteiger partial charge on any atom is 0.0527 e. The smallest absolute Gasteiger partial charge is 0.0527 e. The molecular weight excluding hydrogens is 174 g/mol. The van der Waals surface area contributed by atoms with Gasteiger partial charge in [0.1, 0.15) is 0 Å². The minimum absolute atomic E-state index is 0.0797. The molecule has 0 aromatic heterocycles. The van der Waals surface area contributed by atoms with E-state index in [2.05, 4.69) is 24.3 Å². The van der Waals surface area contributed by atoms with Crippen molar-refractivity contribution in [3.63, 3.8) is 0 Å². The quantitative estimate of drug-likeness (QED) is 0.764. The van der Waals surface area contributed by atoms with E-state index in [9.17, 15) is 5.11 Å². The average molecular weight is 191 g/mol. The fourth-order valence-electron chi connectivity index (χ4n) is 1.83. The molecule has 1 aliphatic carbocycles. The summed E-state index contributed by atoms with van der Waals surface area (Å²) in [7, 11) is 0. The van der Waals surface area contributed by atoms with Crippen LogP contribution in [0.5, 0.6) is 0 Å². The first kappa shape index (κ1) is 9.69. The molecule has 0 amide bonds. The van der Waals surface area contributed by atoms with Gasteiger partial charge in [-0.2, -0.15) is 0 Å². The van der Waals surface area contributed by atoms with Gasteiger partial charge in [0, 0.05) is 11.5 Å². The Labute approximate surface area is 84.7 Å². The highest BCUT2D eigenvalue weighted by atomic mass is 16.3. The first-order valence-corrected chi connectivity index (χ1v) is 5.15. The molecule has 1 aromatic rings. The van der Waals surface area contributed by atoms with Gasteiger partial charge in [-0.3, -0.25) is 0 Å². The van der Waals surface area contributed by atoms with Gasteiger partial charge < -0.3 is 10.8 Å². The predicted molar refractivity (Wildman–Crippen MR) is 57.0 cm³/mol. The molecule has 0 bridgehead atoms. The van der Waals surface area contributed by atoms with Crippen LogP contribution in [0.3, 0.4) is 0 Å². The van der Waals surface area contributed by atoms with Crippen molar-refractivity contribution in [3.05, 3.63) is 35.4 Å². The Morgan fingerprint density at radius 3 is 2.29 bits per heavy atom. The highest BCUT2D eigenvalue weighted by molar-refractivity contribution is 5.34. The molecule has 1 aromatic carbocycles. The molecule has 76 valence electrons. The zero-order chi connectivity index (χ0) is 10.2. The molecule has 2 heteroatoms. The van der Waals surface area contributed by atoms with Crippen LogP contribution in [-0.2, 0) is 5.41 Å². The second kappa shape index (κ2) is 3.37. The molecule has 0 heterocycles. The van der Waals surface area contributed by atoms with Crippen LogP contribution in [-0.4, -0.2) is 11.7 Å². The van der Waals surface area contributed by atoms with E-state index in [1.54, 1.807) is 0 Å². The van der Waals surface area contributed by atoms with E-state index in [4.69, 9.17) is 5.73 Å². The lowest BCUT2D eigenvalue weighted by molar-refractivity contribution is 0.255. The Balaban J connectivity index is 2.22. The number of hydrogen-bond acceptors (Lipinski definition) is 2. The highest BCUT2D eigenvalue weighted by Gasteiger charge is 2.43. The molecule has 2 rings (SSSR count). The zero-order valence-corrected chi connectivity index (χ0v) is 8.53. The van der Waals surface area contributed by atoms with Crippen molar-refractivity contribution >= 4 is 0 Å². The second-order valence-corrected chi connectivity index (χ2v) is 4.35. The van der Waals surface area contributed by atoms with Crippen molar-refractivity contribution in [2.45, 2.75) is 31.2 Å². The predicted octanol–water partition coefficient (Wildman–Crippen LogP) is 1.73. The lowest BCUT2D eigenvalue weighted by atomic mass is 9.95. The maximum atomic E-state index is 9.26. The zero-order valence-electron chi connectivity index (χ0n) is 8.53. The first-order valence-electron chi connectivity index (χ1n) is 5.15. The first-order chi connectivity index (χ1) is 6.68. The van der Waals surface area contributed by atoms with Gasteiger partial charge in [0.2, 0.25) is 0 Å². The van der Waals surface area contributed by atoms with Gasteiger partial charge in [-0.1, -0.05) is 24.3 Å². The molecule has 0 radical (unpaired) electrons. The summed E-state index contributed by atoms with van der Waals surface area (Å²) in [6, 6.07) is 8.42. The highest BCUT2D eigenvalue weighted by Crippen LogP contribution is 2.47. The largest absolute Gasteiger partial charge is 0.395 e. The van der Waals surface area contributed by atoms with Gasteiger partial charge in [-0.15, -0.1) is 0 Å². The molecule has 1 aliphatic rings. The van der Waals surface area contributed by atoms with Crippen LogP contribution >= 0.6 is 0 Å². The topological polar surface area (TPSA) is 46.2 Å². The lowest BCUT2D eigenvalue weighted by Gasteiger charge is -2.13. The van der Waals surface area contributed by atoms with Crippen LogP contribution in [0.1, 0.15) is 36.9 Å². The van der Waals surface area contributed by atoms with Crippen molar-refractivity contribution in [3.8, 4) is 0 Å². The Morgan fingerprint density at radius 2 is 1.93 bits per heavy atom. The summed E-state index contributed by atoms with van der Waals surface area (Å²) in [6.07, 6.45) is 2.22. The fraction of sp³-hybridized carbons (Fsp3) is 0.500. The Kier molecular flexibility index (Phi) is 2.33. The van der Waals surface area contributed by atoms with E-state index in [0.717, 1.165) is 18.4 Å². The van der Waals surface area contributed by atoms with Gasteiger partial charge >= 0.3 is 0 Å². The van der Waals surface area contributed by atoms with Gasteiger partial charge in [0.25, 0.3) is 0 Å². The van der Waals surface area contributed by atoms with Crippen LogP contribution < -0.4 is 5.73 Å². The van der Waals surface area contributed by atoms with E-state index < -0.39 is 0 Å². The minimum atomic E-state index is 0.0797. The monoisotopic (exact) mass is 191 g/mol. The standard InChI is InChI=1S/C12H17NO/c1-9(13)10-2-4-11(5-3-10)12(8-14)6-7-12/h2-5,9,14H,6-8,13H2,1H3. The van der Waals surface area contributed by atoms with Crippen LogP contribution in [0.2, 0.25) is 0 Å². The Bertz CT molecular complexity index is 312. The van der Waals surface area contributed by atoms with Crippen LogP contribution in [0.4, 0.5) is 0 Å². The molecule has 14 heavy (non-hydrogen) atoms. The van der Waals surface area contributed by atoms with Gasteiger partial charge in [0.05, 0.1) is 6.61 Å². The average Bonchev–Trinajstić information content (AvgIpc) is 2.99. The van der Waals surface area contributed by atoms with Crippen LogP contribution in [0, 0.1) is 0 Å². The maximum absolute atomic E-state index is 9.26. The van der Waals surface area contributed by atoms with Crippen molar-refractivity contribution in [1.29, 1.82) is 0 Å². The lowest BCUT2D eigenvalue weighted by Crippen LogP contribution is -2.12. The van der Waals surface area contributed by atoms with Crippen LogP contribution in [0.25, 0.3) is 0 Å². The number of rotatable bonds is 3. The van der Waals surface area contributed by atoms with Crippen molar-refractivity contribution in [1.82, 2.24) is 0 Å².